The molecule has 1 heterocycles. The summed E-state index contributed by atoms with van der Waals surface area (Å²) in [5.41, 5.74) is 0.138. The maximum Gasteiger partial charge on any atom is 0.0618 e. The first-order valence-electron chi connectivity index (χ1n) is 3.88. The molecule has 0 N–H and O–H groups in total. The largest absolute Gasteiger partial charge is 0.0863 e. The number of hydrogen-bond donors (Lipinski definition) is 0. The van der Waals surface area contributed by atoms with Crippen LogP contribution in [0.1, 0.15) is 27.7 Å². The highest BCUT2D eigenvalue weighted by atomic mass is 32.2. The van der Waals surface area contributed by atoms with Crippen molar-refractivity contribution >= 4 is 28.2 Å². The molecule has 0 aromatic heterocycles. The zero-order valence-electron chi connectivity index (χ0n) is 7.47. The third-order valence-corrected chi connectivity index (χ3v) is 4.12. The van der Waals surface area contributed by atoms with Crippen LogP contribution in [0.2, 0.25) is 0 Å². The van der Waals surface area contributed by atoms with Gasteiger partial charge in [0.2, 0.25) is 0 Å². The monoisotopic (exact) mass is 186 g/mol. The fourth-order valence-corrected chi connectivity index (χ4v) is 2.44. The predicted octanol–water partition coefficient (Wildman–Crippen LogP) is 3.63. The van der Waals surface area contributed by atoms with E-state index in [0.29, 0.717) is 5.92 Å². The van der Waals surface area contributed by atoms with Crippen molar-refractivity contribution in [3.63, 3.8) is 0 Å². The van der Waals surface area contributed by atoms with Crippen molar-refractivity contribution in [2.24, 2.45) is 11.3 Å². The zero-order chi connectivity index (χ0) is 8.65. The fourth-order valence-electron chi connectivity index (χ4n) is 0.967. The van der Waals surface area contributed by atoms with Crippen molar-refractivity contribution in [1.29, 1.82) is 0 Å². The van der Waals surface area contributed by atoms with Crippen molar-refractivity contribution in [3.05, 3.63) is 11.0 Å². The maximum absolute atomic E-state index is 5.26. The lowest BCUT2D eigenvalue weighted by molar-refractivity contribution is 0.687. The Kier molecular flexibility index (Phi) is 2.45. The molecule has 1 aliphatic heterocycles. The first-order chi connectivity index (χ1) is 4.93. The molecule has 0 atom stereocenters. The molecule has 0 bridgehead atoms. The van der Waals surface area contributed by atoms with Crippen LogP contribution in [-0.4, -0.2) is 4.20 Å². The van der Waals surface area contributed by atoms with Crippen LogP contribution in [0.25, 0.3) is 0 Å². The number of hydrogen-bond acceptors (Lipinski definition) is 2. The lowest BCUT2D eigenvalue weighted by Gasteiger charge is -2.12. The molecule has 11 heavy (non-hydrogen) atoms. The molecular formula is C9H14S2. The van der Waals surface area contributed by atoms with E-state index in [0.717, 1.165) is 4.20 Å². The summed E-state index contributed by atoms with van der Waals surface area (Å²) in [6, 6.07) is 0. The van der Waals surface area contributed by atoms with Crippen LogP contribution in [0, 0.1) is 11.3 Å². The van der Waals surface area contributed by atoms with Gasteiger partial charge in [-0.3, -0.25) is 0 Å². The molecule has 0 radical (unpaired) electrons. The summed E-state index contributed by atoms with van der Waals surface area (Å²) in [6.45, 7) is 8.78. The molecule has 0 fully saturated rings. The Bertz CT molecular complexity index is 212. The van der Waals surface area contributed by atoms with Gasteiger partial charge in [0.25, 0.3) is 0 Å². The summed E-state index contributed by atoms with van der Waals surface area (Å²) in [6.07, 6.45) is 2.30. The lowest BCUT2D eigenvalue weighted by Crippen LogP contribution is -2.11. The molecule has 0 saturated heterocycles. The summed E-state index contributed by atoms with van der Waals surface area (Å²) in [5, 5.41) is 0. The van der Waals surface area contributed by atoms with E-state index in [1.54, 1.807) is 11.8 Å². The van der Waals surface area contributed by atoms with Gasteiger partial charge in [-0.05, 0) is 10.8 Å². The minimum absolute atomic E-state index is 0.138. The van der Waals surface area contributed by atoms with E-state index in [-0.39, 0.29) is 5.41 Å². The van der Waals surface area contributed by atoms with Gasteiger partial charge in [-0.1, -0.05) is 57.8 Å². The second-order valence-corrected chi connectivity index (χ2v) is 5.56. The van der Waals surface area contributed by atoms with Gasteiger partial charge in [0.15, 0.2) is 0 Å². The summed E-state index contributed by atoms with van der Waals surface area (Å²) < 4.78 is 1.11. The SMILES string of the molecule is CC(C)C1=CC(C)(C)C(=S)S1. The highest BCUT2D eigenvalue weighted by Crippen LogP contribution is 2.43. The molecule has 1 aliphatic rings. The van der Waals surface area contributed by atoms with Crippen molar-refractivity contribution < 1.29 is 0 Å². The van der Waals surface area contributed by atoms with E-state index >= 15 is 0 Å². The first-order valence-corrected chi connectivity index (χ1v) is 5.11. The summed E-state index contributed by atoms with van der Waals surface area (Å²) in [5.74, 6) is 0.625. The van der Waals surface area contributed by atoms with Gasteiger partial charge in [0, 0.05) is 5.41 Å². The van der Waals surface area contributed by atoms with Gasteiger partial charge in [0.05, 0.1) is 4.20 Å². The second-order valence-electron chi connectivity index (χ2n) is 3.81. The smallest absolute Gasteiger partial charge is 0.0618 e. The minimum atomic E-state index is 0.138. The van der Waals surface area contributed by atoms with E-state index in [1.807, 2.05) is 0 Å². The Morgan fingerprint density at radius 3 is 2.18 bits per heavy atom. The number of thioether (sulfide) groups is 1. The Labute approximate surface area is 78.4 Å². The van der Waals surface area contributed by atoms with Crippen LogP contribution in [0.5, 0.6) is 0 Å². The van der Waals surface area contributed by atoms with Crippen molar-refractivity contribution in [2.75, 3.05) is 0 Å². The number of allylic oxidation sites excluding steroid dienone is 2. The highest BCUT2D eigenvalue weighted by molar-refractivity contribution is 8.26. The molecule has 1 rings (SSSR count). The molecule has 0 saturated carbocycles. The van der Waals surface area contributed by atoms with Crippen molar-refractivity contribution in [2.45, 2.75) is 27.7 Å². The molecule has 62 valence electrons. The third kappa shape index (κ3) is 1.85. The van der Waals surface area contributed by atoms with E-state index < -0.39 is 0 Å². The molecule has 2 heteroatoms. The van der Waals surface area contributed by atoms with Crippen molar-refractivity contribution in [3.8, 4) is 0 Å². The highest BCUT2D eigenvalue weighted by Gasteiger charge is 2.30. The second kappa shape index (κ2) is 2.91. The van der Waals surface area contributed by atoms with Crippen LogP contribution >= 0.6 is 24.0 Å². The standard InChI is InChI=1S/C9H14S2/c1-6(2)7-5-9(3,4)8(10)11-7/h5-6H,1-4H3. The predicted molar refractivity (Wildman–Crippen MR) is 56.9 cm³/mol. The number of thiocarbonyl (C=S) groups is 1. The molecule has 0 nitrogen and oxygen atoms in total. The minimum Gasteiger partial charge on any atom is -0.0863 e. The Morgan fingerprint density at radius 2 is 2.00 bits per heavy atom. The van der Waals surface area contributed by atoms with E-state index in [1.165, 1.54) is 4.91 Å². The molecule has 0 aromatic carbocycles. The van der Waals surface area contributed by atoms with Gasteiger partial charge >= 0.3 is 0 Å². The summed E-state index contributed by atoms with van der Waals surface area (Å²) in [7, 11) is 0. The summed E-state index contributed by atoms with van der Waals surface area (Å²) >= 11 is 7.04. The molecule has 0 aliphatic carbocycles. The van der Waals surface area contributed by atoms with E-state index in [4.69, 9.17) is 12.2 Å². The molecule has 0 aromatic rings. The molecular weight excluding hydrogens is 172 g/mol. The van der Waals surface area contributed by atoms with E-state index in [2.05, 4.69) is 33.8 Å². The van der Waals surface area contributed by atoms with Gasteiger partial charge < -0.3 is 0 Å². The zero-order valence-corrected chi connectivity index (χ0v) is 9.10. The van der Waals surface area contributed by atoms with Crippen LogP contribution in [0.15, 0.2) is 11.0 Å². The maximum atomic E-state index is 5.26. The van der Waals surface area contributed by atoms with Gasteiger partial charge in [-0.25, -0.2) is 0 Å². The number of rotatable bonds is 1. The molecule has 0 amide bonds. The lowest BCUT2D eigenvalue weighted by atomic mass is 9.94. The van der Waals surface area contributed by atoms with Crippen LogP contribution in [-0.2, 0) is 0 Å². The third-order valence-electron chi connectivity index (χ3n) is 1.81. The molecule has 0 spiro atoms. The van der Waals surface area contributed by atoms with Gasteiger partial charge in [-0.2, -0.15) is 0 Å². The fraction of sp³-hybridized carbons (Fsp3) is 0.667. The molecule has 0 unspecified atom stereocenters. The Hall–Kier alpha value is 0.180. The van der Waals surface area contributed by atoms with E-state index in [9.17, 15) is 0 Å². The van der Waals surface area contributed by atoms with Crippen molar-refractivity contribution in [1.82, 2.24) is 0 Å². The Morgan fingerprint density at radius 1 is 1.45 bits per heavy atom. The topological polar surface area (TPSA) is 0 Å². The van der Waals surface area contributed by atoms with Gasteiger partial charge in [0.1, 0.15) is 0 Å². The van der Waals surface area contributed by atoms with Crippen LogP contribution in [0.4, 0.5) is 0 Å². The summed E-state index contributed by atoms with van der Waals surface area (Å²) in [4.78, 5) is 1.43. The Balaban J connectivity index is 2.84. The van der Waals surface area contributed by atoms with Crippen LogP contribution in [0.3, 0.4) is 0 Å². The quantitative estimate of drug-likeness (QED) is 0.574. The van der Waals surface area contributed by atoms with Crippen LogP contribution < -0.4 is 0 Å². The first kappa shape index (κ1) is 9.27. The van der Waals surface area contributed by atoms with Gasteiger partial charge in [-0.15, -0.1) is 0 Å². The average Bonchev–Trinajstić information content (AvgIpc) is 2.08. The average molecular weight is 186 g/mol. The normalized spacial score (nSPS) is 22.6.